The van der Waals surface area contributed by atoms with Crippen LogP contribution in [0.3, 0.4) is 0 Å². The van der Waals surface area contributed by atoms with Crippen molar-refractivity contribution < 1.29 is 19.5 Å². The first-order valence-electron chi connectivity index (χ1n) is 8.18. The number of hydrogen-bond acceptors (Lipinski definition) is 3. The zero-order valence-corrected chi connectivity index (χ0v) is 15.6. The third-order valence-electron chi connectivity index (χ3n) is 4.40. The molecule has 2 unspecified atom stereocenters. The van der Waals surface area contributed by atoms with E-state index in [1.807, 2.05) is 30.3 Å². The summed E-state index contributed by atoms with van der Waals surface area (Å²) >= 11 is 11.8. The van der Waals surface area contributed by atoms with Crippen molar-refractivity contribution in [3.63, 3.8) is 0 Å². The van der Waals surface area contributed by atoms with Gasteiger partial charge in [-0.2, -0.15) is 0 Å². The van der Waals surface area contributed by atoms with Gasteiger partial charge in [0.2, 0.25) is 5.91 Å². The highest BCUT2D eigenvalue weighted by Gasteiger charge is 2.45. The van der Waals surface area contributed by atoms with Gasteiger partial charge in [0.05, 0.1) is 10.0 Å². The maximum Gasteiger partial charge on any atom is 0.310 e. The number of rotatable bonds is 5. The monoisotopic (exact) mass is 406 g/mol. The second-order valence-electron chi connectivity index (χ2n) is 6.23. The summed E-state index contributed by atoms with van der Waals surface area (Å²) in [5, 5.41) is 12.5. The number of nitrogens with zero attached hydrogens (tertiary/aromatic N) is 1. The Labute approximate surface area is 165 Å². The highest BCUT2D eigenvalue weighted by molar-refractivity contribution is 6.42. The number of nitrogens with one attached hydrogen (secondary N) is 1. The third-order valence-corrected chi connectivity index (χ3v) is 5.14. The maximum absolute atomic E-state index is 12.7. The minimum absolute atomic E-state index is 0.0232. The largest absolute Gasteiger partial charge is 0.481 e. The topological polar surface area (TPSA) is 86.7 Å². The highest BCUT2D eigenvalue weighted by atomic mass is 35.5. The van der Waals surface area contributed by atoms with Gasteiger partial charge in [-0.05, 0) is 23.8 Å². The standard InChI is InChI=1S/C19H16Cl2N2O4/c20-14-7-6-12(8-15(14)21)17(24)22-16-13(19(26)27)10-23(18(16)25)9-11-4-2-1-3-5-11/h1-8,13,16H,9-10H2,(H,22,24)(H,26,27). The Kier molecular flexibility index (Phi) is 5.68. The van der Waals surface area contributed by atoms with Crippen molar-refractivity contribution in [1.29, 1.82) is 0 Å². The number of carboxylic acid groups (broad SMARTS) is 1. The molecule has 0 radical (unpaired) electrons. The predicted octanol–water partition coefficient (Wildman–Crippen LogP) is 2.83. The number of carboxylic acids is 1. The van der Waals surface area contributed by atoms with E-state index in [9.17, 15) is 19.5 Å². The average molecular weight is 407 g/mol. The number of carbonyl (C=O) groups excluding carboxylic acids is 2. The quantitative estimate of drug-likeness (QED) is 0.798. The number of benzene rings is 2. The molecule has 8 heteroatoms. The number of amides is 2. The van der Waals surface area contributed by atoms with E-state index in [0.717, 1.165) is 5.56 Å². The molecule has 1 aliphatic rings. The lowest BCUT2D eigenvalue weighted by atomic mass is 10.0. The minimum atomic E-state index is -1.15. The molecule has 2 amide bonds. The first kappa shape index (κ1) is 19.2. The van der Waals surface area contributed by atoms with E-state index in [0.29, 0.717) is 5.02 Å². The molecule has 2 atom stereocenters. The van der Waals surface area contributed by atoms with Crippen LogP contribution in [0.1, 0.15) is 15.9 Å². The first-order chi connectivity index (χ1) is 12.9. The number of carbonyl (C=O) groups is 3. The summed E-state index contributed by atoms with van der Waals surface area (Å²) in [6.45, 7) is 0.304. The first-order valence-corrected chi connectivity index (χ1v) is 8.94. The van der Waals surface area contributed by atoms with Gasteiger partial charge in [-0.25, -0.2) is 0 Å². The van der Waals surface area contributed by atoms with Gasteiger partial charge >= 0.3 is 5.97 Å². The number of aliphatic carboxylic acids is 1. The van der Waals surface area contributed by atoms with Gasteiger partial charge in [-0.15, -0.1) is 0 Å². The molecular weight excluding hydrogens is 391 g/mol. The lowest BCUT2D eigenvalue weighted by Gasteiger charge is -2.17. The maximum atomic E-state index is 12.7. The molecule has 140 valence electrons. The normalized spacial score (nSPS) is 19.2. The van der Waals surface area contributed by atoms with Crippen LogP contribution in [0, 0.1) is 5.92 Å². The van der Waals surface area contributed by atoms with E-state index in [2.05, 4.69) is 5.32 Å². The van der Waals surface area contributed by atoms with Crippen LogP contribution in [0.4, 0.5) is 0 Å². The smallest absolute Gasteiger partial charge is 0.310 e. The van der Waals surface area contributed by atoms with Crippen LogP contribution in [0.15, 0.2) is 48.5 Å². The van der Waals surface area contributed by atoms with Gasteiger partial charge in [0.15, 0.2) is 0 Å². The van der Waals surface area contributed by atoms with Crippen molar-refractivity contribution in [3.8, 4) is 0 Å². The molecule has 27 heavy (non-hydrogen) atoms. The lowest BCUT2D eigenvalue weighted by Crippen LogP contribution is -2.45. The summed E-state index contributed by atoms with van der Waals surface area (Å²) in [6.07, 6.45) is 0. The average Bonchev–Trinajstić information content (AvgIpc) is 2.94. The summed E-state index contributed by atoms with van der Waals surface area (Å²) in [5.41, 5.74) is 1.08. The zero-order chi connectivity index (χ0) is 19.6. The molecule has 1 saturated heterocycles. The molecule has 0 spiro atoms. The van der Waals surface area contributed by atoms with Gasteiger partial charge in [-0.1, -0.05) is 53.5 Å². The molecule has 3 rings (SSSR count). The van der Waals surface area contributed by atoms with Crippen molar-refractivity contribution in [2.24, 2.45) is 5.92 Å². The summed E-state index contributed by atoms with van der Waals surface area (Å²) in [5.74, 6) is -3.19. The van der Waals surface area contributed by atoms with Crippen LogP contribution >= 0.6 is 23.2 Å². The van der Waals surface area contributed by atoms with Crippen molar-refractivity contribution in [2.45, 2.75) is 12.6 Å². The van der Waals surface area contributed by atoms with Crippen molar-refractivity contribution in [2.75, 3.05) is 6.54 Å². The molecule has 0 aliphatic carbocycles. The molecule has 2 N–H and O–H groups in total. The summed E-state index contributed by atoms with van der Waals surface area (Å²) in [6, 6.07) is 12.4. The van der Waals surface area contributed by atoms with Crippen molar-refractivity contribution in [3.05, 3.63) is 69.7 Å². The molecule has 2 aromatic rings. The van der Waals surface area contributed by atoms with Crippen LogP contribution < -0.4 is 5.32 Å². The molecule has 0 saturated carbocycles. The van der Waals surface area contributed by atoms with Gasteiger partial charge in [0.25, 0.3) is 5.91 Å². The molecular formula is C19H16Cl2N2O4. The minimum Gasteiger partial charge on any atom is -0.481 e. The van der Waals surface area contributed by atoms with Crippen LogP contribution in [-0.2, 0) is 16.1 Å². The molecule has 1 heterocycles. The van der Waals surface area contributed by atoms with E-state index in [-0.39, 0.29) is 23.7 Å². The van der Waals surface area contributed by atoms with Crippen LogP contribution in [-0.4, -0.2) is 40.4 Å². The molecule has 0 aromatic heterocycles. The molecule has 0 bridgehead atoms. The highest BCUT2D eigenvalue weighted by Crippen LogP contribution is 2.24. The van der Waals surface area contributed by atoms with Crippen LogP contribution in [0.25, 0.3) is 0 Å². The Morgan fingerprint density at radius 3 is 2.44 bits per heavy atom. The summed E-state index contributed by atoms with van der Waals surface area (Å²) in [4.78, 5) is 38.2. The van der Waals surface area contributed by atoms with Gasteiger partial charge in [0, 0.05) is 18.7 Å². The summed E-state index contributed by atoms with van der Waals surface area (Å²) < 4.78 is 0. The SMILES string of the molecule is O=C(NC1C(=O)N(Cc2ccccc2)CC1C(=O)O)c1ccc(Cl)c(Cl)c1. The van der Waals surface area contributed by atoms with E-state index in [1.54, 1.807) is 0 Å². The molecule has 1 fully saturated rings. The van der Waals surface area contributed by atoms with Crippen LogP contribution in [0.5, 0.6) is 0 Å². The van der Waals surface area contributed by atoms with Gasteiger partial charge < -0.3 is 15.3 Å². The Bertz CT molecular complexity index is 889. The van der Waals surface area contributed by atoms with Gasteiger partial charge in [0.1, 0.15) is 12.0 Å². The second kappa shape index (κ2) is 7.98. The number of hydrogen-bond donors (Lipinski definition) is 2. The summed E-state index contributed by atoms with van der Waals surface area (Å²) in [7, 11) is 0. The lowest BCUT2D eigenvalue weighted by molar-refractivity contribution is -0.142. The number of halogens is 2. The number of likely N-dealkylation sites (tertiary alicyclic amines) is 1. The Balaban J connectivity index is 1.77. The van der Waals surface area contributed by atoms with Crippen molar-refractivity contribution in [1.82, 2.24) is 10.2 Å². The fourth-order valence-electron chi connectivity index (χ4n) is 2.99. The second-order valence-corrected chi connectivity index (χ2v) is 7.04. The molecule has 1 aliphatic heterocycles. The zero-order valence-electron chi connectivity index (χ0n) is 14.1. The molecule has 6 nitrogen and oxygen atoms in total. The Morgan fingerprint density at radius 1 is 1.11 bits per heavy atom. The molecule has 2 aromatic carbocycles. The third kappa shape index (κ3) is 4.23. The Morgan fingerprint density at radius 2 is 1.81 bits per heavy atom. The fraction of sp³-hybridized carbons (Fsp3) is 0.211. The van der Waals surface area contributed by atoms with E-state index >= 15 is 0 Å². The van der Waals surface area contributed by atoms with Gasteiger partial charge in [-0.3, -0.25) is 14.4 Å². The predicted molar refractivity (Wildman–Crippen MR) is 101 cm³/mol. The van der Waals surface area contributed by atoms with Crippen LogP contribution in [0.2, 0.25) is 10.0 Å². The van der Waals surface area contributed by atoms with E-state index in [4.69, 9.17) is 23.2 Å². The Hall–Kier alpha value is -2.57. The van der Waals surface area contributed by atoms with E-state index in [1.165, 1.54) is 23.1 Å². The fourth-order valence-corrected chi connectivity index (χ4v) is 3.29. The van der Waals surface area contributed by atoms with E-state index < -0.39 is 29.7 Å². The van der Waals surface area contributed by atoms with Crippen molar-refractivity contribution >= 4 is 41.0 Å².